The van der Waals surface area contributed by atoms with Gasteiger partial charge in [0.05, 0.1) is 12.0 Å². The van der Waals surface area contributed by atoms with E-state index in [-0.39, 0.29) is 5.92 Å². The van der Waals surface area contributed by atoms with Crippen molar-refractivity contribution in [2.24, 2.45) is 46.4 Å². The van der Waals surface area contributed by atoms with E-state index in [1.54, 1.807) is 0 Å². The van der Waals surface area contributed by atoms with Gasteiger partial charge >= 0.3 is 0 Å². The fourth-order valence-electron chi connectivity index (χ4n) is 5.48. The van der Waals surface area contributed by atoms with Gasteiger partial charge in [-0.15, -0.1) is 0 Å². The molecule has 0 spiro atoms. The standard InChI is InChI=1S/C12H14ClN3O.C12H11ClN2/c13-7-1-3-8(4-2-7)16-5-9-10(6-16)11(9)12(14)15-17;13-8-1-3-9(4-2-8)15-6-11-10(5-14)12(11)7-15/h1-4,9-11,17H,5-6H2,(H2,14,15);1-4,10-12H,6-7H2. The average molecular weight is 470 g/mol. The molecule has 8 heteroatoms. The third-order valence-corrected chi connectivity index (χ3v) is 7.88. The summed E-state index contributed by atoms with van der Waals surface area (Å²) in [5.74, 6) is 3.31. The lowest BCUT2D eigenvalue weighted by Gasteiger charge is -2.21. The highest BCUT2D eigenvalue weighted by Gasteiger charge is 2.58. The lowest BCUT2D eigenvalue weighted by Crippen LogP contribution is -2.28. The number of fused-ring (bicyclic) bond motifs is 2. The van der Waals surface area contributed by atoms with Crippen LogP contribution in [0, 0.1) is 46.8 Å². The van der Waals surface area contributed by atoms with Crippen molar-refractivity contribution in [1.82, 2.24) is 0 Å². The Kier molecular flexibility index (Phi) is 5.56. The van der Waals surface area contributed by atoms with Crippen molar-refractivity contribution in [2.75, 3.05) is 36.0 Å². The first-order valence-electron chi connectivity index (χ1n) is 10.9. The molecule has 2 saturated carbocycles. The summed E-state index contributed by atoms with van der Waals surface area (Å²) < 4.78 is 0. The van der Waals surface area contributed by atoms with E-state index in [1.165, 1.54) is 11.4 Å². The van der Waals surface area contributed by atoms with Crippen molar-refractivity contribution in [2.45, 2.75) is 0 Å². The number of nitrogens with two attached hydrogens (primary N) is 1. The summed E-state index contributed by atoms with van der Waals surface area (Å²) in [5.41, 5.74) is 8.06. The number of amidine groups is 1. The molecule has 4 aliphatic rings. The first-order chi connectivity index (χ1) is 15.5. The van der Waals surface area contributed by atoms with Crippen molar-refractivity contribution in [3.8, 4) is 6.07 Å². The van der Waals surface area contributed by atoms with Gasteiger partial charge in [-0.3, -0.25) is 0 Å². The monoisotopic (exact) mass is 469 g/mol. The Morgan fingerprint density at radius 2 is 1.25 bits per heavy atom. The second-order valence-corrected chi connectivity index (χ2v) is 10.00. The van der Waals surface area contributed by atoms with E-state index >= 15 is 0 Å². The first-order valence-corrected chi connectivity index (χ1v) is 11.6. The topological polar surface area (TPSA) is 88.9 Å². The van der Waals surface area contributed by atoms with E-state index in [0.29, 0.717) is 35.4 Å². The highest BCUT2D eigenvalue weighted by atomic mass is 35.5. The number of nitrogens with zero attached hydrogens (tertiary/aromatic N) is 4. The summed E-state index contributed by atoms with van der Waals surface area (Å²) in [6, 6.07) is 18.2. The van der Waals surface area contributed by atoms with Crippen LogP contribution in [0.5, 0.6) is 0 Å². The molecule has 0 aromatic heterocycles. The van der Waals surface area contributed by atoms with E-state index in [1.807, 2.05) is 36.4 Å². The zero-order valence-corrected chi connectivity index (χ0v) is 19.0. The van der Waals surface area contributed by atoms with Crippen molar-refractivity contribution >= 4 is 40.4 Å². The zero-order chi connectivity index (χ0) is 22.4. The molecule has 0 bridgehead atoms. The molecule has 2 aromatic carbocycles. The van der Waals surface area contributed by atoms with E-state index in [0.717, 1.165) is 36.2 Å². The molecule has 6 rings (SSSR count). The normalized spacial score (nSPS) is 31.8. The molecule has 2 heterocycles. The minimum Gasteiger partial charge on any atom is -0.409 e. The summed E-state index contributed by atoms with van der Waals surface area (Å²) >= 11 is 11.7. The highest BCUT2D eigenvalue weighted by Crippen LogP contribution is 2.53. The largest absolute Gasteiger partial charge is 0.409 e. The molecule has 4 unspecified atom stereocenters. The van der Waals surface area contributed by atoms with Crippen LogP contribution in [0.4, 0.5) is 11.4 Å². The molecule has 0 radical (unpaired) electrons. The number of oxime groups is 1. The second kappa shape index (κ2) is 8.38. The van der Waals surface area contributed by atoms with Crippen molar-refractivity contribution in [3.05, 3.63) is 58.6 Å². The summed E-state index contributed by atoms with van der Waals surface area (Å²) in [4.78, 5) is 4.67. The summed E-state index contributed by atoms with van der Waals surface area (Å²) in [6.07, 6.45) is 0. The summed E-state index contributed by atoms with van der Waals surface area (Å²) in [7, 11) is 0. The van der Waals surface area contributed by atoms with Crippen LogP contribution in [0.1, 0.15) is 0 Å². The van der Waals surface area contributed by atoms with Crippen LogP contribution in [-0.4, -0.2) is 37.2 Å². The number of benzene rings is 2. The molecule has 0 amide bonds. The lowest BCUT2D eigenvalue weighted by atomic mass is 10.2. The van der Waals surface area contributed by atoms with Crippen LogP contribution in [0.15, 0.2) is 53.7 Å². The van der Waals surface area contributed by atoms with E-state index in [9.17, 15) is 0 Å². The molecule has 2 aromatic rings. The maximum Gasteiger partial charge on any atom is 0.142 e. The molecule has 6 nitrogen and oxygen atoms in total. The van der Waals surface area contributed by atoms with Gasteiger partial charge < -0.3 is 20.7 Å². The van der Waals surface area contributed by atoms with Crippen LogP contribution >= 0.6 is 23.2 Å². The molecular weight excluding hydrogens is 445 g/mol. The minimum absolute atomic E-state index is 0.281. The van der Waals surface area contributed by atoms with Crippen LogP contribution in [0.25, 0.3) is 0 Å². The highest BCUT2D eigenvalue weighted by molar-refractivity contribution is 6.30. The van der Waals surface area contributed by atoms with Crippen LogP contribution in [0.2, 0.25) is 10.0 Å². The van der Waals surface area contributed by atoms with E-state index in [2.05, 4.69) is 33.2 Å². The predicted octanol–water partition coefficient (Wildman–Crippen LogP) is 4.31. The molecule has 2 aliphatic heterocycles. The fraction of sp³-hybridized carbons (Fsp3) is 0.417. The number of hydrogen-bond donors (Lipinski definition) is 2. The quantitative estimate of drug-likeness (QED) is 0.302. The zero-order valence-electron chi connectivity index (χ0n) is 17.5. The number of halogens is 2. The third kappa shape index (κ3) is 3.96. The third-order valence-electron chi connectivity index (χ3n) is 7.38. The molecule has 2 saturated heterocycles. The molecule has 166 valence electrons. The minimum atomic E-state index is 0.281. The van der Waals surface area contributed by atoms with Crippen molar-refractivity contribution in [1.29, 1.82) is 5.26 Å². The Hall–Kier alpha value is -2.62. The number of rotatable bonds is 3. The van der Waals surface area contributed by atoms with Crippen molar-refractivity contribution < 1.29 is 5.21 Å². The smallest absolute Gasteiger partial charge is 0.142 e. The Bertz CT molecular complexity index is 1030. The molecule has 32 heavy (non-hydrogen) atoms. The maximum absolute atomic E-state index is 8.82. The Balaban J connectivity index is 0.000000136. The Morgan fingerprint density at radius 1 is 0.844 bits per heavy atom. The summed E-state index contributed by atoms with van der Waals surface area (Å²) in [6.45, 7) is 4.02. The van der Waals surface area contributed by atoms with Crippen LogP contribution < -0.4 is 15.5 Å². The van der Waals surface area contributed by atoms with E-state index in [4.69, 9.17) is 39.4 Å². The SMILES string of the molecule is N#CC1C2CN(c3ccc(Cl)cc3)CC12.N/C(=N\O)C1C2CN(c3ccc(Cl)cc3)CC21. The van der Waals surface area contributed by atoms with Gasteiger partial charge in [0.2, 0.25) is 0 Å². The molecular formula is C24H25Cl2N5O. The van der Waals surface area contributed by atoms with Gasteiger partial charge in [0, 0.05) is 53.5 Å². The molecule has 4 fully saturated rings. The number of hydrogen-bond acceptors (Lipinski definition) is 5. The van der Waals surface area contributed by atoms with Gasteiger partial charge in [-0.1, -0.05) is 28.4 Å². The Morgan fingerprint density at radius 3 is 1.62 bits per heavy atom. The maximum atomic E-state index is 8.82. The molecule has 4 atom stereocenters. The second-order valence-electron chi connectivity index (χ2n) is 9.12. The molecule has 2 aliphatic carbocycles. The van der Waals surface area contributed by atoms with Gasteiger partial charge in [-0.25, -0.2) is 0 Å². The lowest BCUT2D eigenvalue weighted by molar-refractivity contribution is 0.315. The average Bonchev–Trinajstić information content (AvgIpc) is 3.51. The van der Waals surface area contributed by atoms with Gasteiger partial charge in [-0.2, -0.15) is 5.26 Å². The Labute approximate surface area is 197 Å². The van der Waals surface area contributed by atoms with Gasteiger partial charge in [-0.05, 0) is 72.2 Å². The van der Waals surface area contributed by atoms with Gasteiger partial charge in [0.25, 0.3) is 0 Å². The van der Waals surface area contributed by atoms with Crippen LogP contribution in [-0.2, 0) is 0 Å². The van der Waals surface area contributed by atoms with E-state index < -0.39 is 0 Å². The van der Waals surface area contributed by atoms with Gasteiger partial charge in [0.15, 0.2) is 0 Å². The first kappa shape index (κ1) is 21.2. The van der Waals surface area contributed by atoms with Gasteiger partial charge in [0.1, 0.15) is 5.84 Å². The van der Waals surface area contributed by atoms with Crippen molar-refractivity contribution in [3.63, 3.8) is 0 Å². The molecule has 3 N–H and O–H groups in total. The predicted molar refractivity (Wildman–Crippen MR) is 127 cm³/mol. The fourth-order valence-corrected chi connectivity index (χ4v) is 5.73. The number of nitriles is 1. The van der Waals surface area contributed by atoms with Crippen LogP contribution in [0.3, 0.4) is 0 Å². The number of anilines is 2. The number of piperidine rings is 2. The summed E-state index contributed by atoms with van der Waals surface area (Å²) in [5, 5.41) is 22.1.